The monoisotopic (exact) mass is 456 g/mol. The Morgan fingerprint density at radius 1 is 1.06 bits per heavy atom. The van der Waals surface area contributed by atoms with Crippen molar-refractivity contribution in [2.45, 2.75) is 12.5 Å². The highest BCUT2D eigenvalue weighted by atomic mass is 19.3. The average molecular weight is 456 g/mol. The number of nitrogens with zero attached hydrogens (tertiary/aromatic N) is 6. The number of methoxy groups -OCH3 is 2. The van der Waals surface area contributed by atoms with Gasteiger partial charge in [0.25, 0.3) is 6.43 Å². The third kappa shape index (κ3) is 4.82. The van der Waals surface area contributed by atoms with Gasteiger partial charge in [-0.2, -0.15) is 5.10 Å². The third-order valence-corrected chi connectivity index (χ3v) is 4.98. The lowest BCUT2D eigenvalue weighted by Gasteiger charge is -2.27. The smallest absolute Gasteiger partial charge is 0.265 e. The molecule has 9 nitrogen and oxygen atoms in total. The van der Waals surface area contributed by atoms with Crippen molar-refractivity contribution in [2.24, 2.45) is 7.05 Å². The lowest BCUT2D eigenvalue weighted by Crippen LogP contribution is -2.33. The number of fused-ring (bicyclic) bond motifs is 1. The standard InChI is InChI=1S/C22H22F2N6O3/c1-29-11-13(9-26-29)18-10-25-17-4-5-20(28-22(17)27-18)30(12-19(31)21(23)24)14-6-15(32-2)8-16(7-14)33-3/h4-11,19,21,31H,12H2,1-3H3. The van der Waals surface area contributed by atoms with Gasteiger partial charge in [-0.05, 0) is 12.1 Å². The fourth-order valence-corrected chi connectivity index (χ4v) is 3.28. The van der Waals surface area contributed by atoms with E-state index < -0.39 is 19.1 Å². The predicted molar refractivity (Wildman–Crippen MR) is 118 cm³/mol. The Labute approximate surface area is 188 Å². The molecule has 4 rings (SSSR count). The molecule has 4 aromatic rings. The highest BCUT2D eigenvalue weighted by molar-refractivity contribution is 5.77. The Kier molecular flexibility index (Phi) is 6.31. The topological polar surface area (TPSA) is 98.4 Å². The van der Waals surface area contributed by atoms with Gasteiger partial charge < -0.3 is 19.5 Å². The molecule has 0 bridgehead atoms. The minimum Gasteiger partial charge on any atom is -0.497 e. The van der Waals surface area contributed by atoms with Crippen LogP contribution < -0.4 is 14.4 Å². The fourth-order valence-electron chi connectivity index (χ4n) is 3.28. The summed E-state index contributed by atoms with van der Waals surface area (Å²) in [7, 11) is 4.77. The van der Waals surface area contributed by atoms with E-state index in [1.54, 1.807) is 60.7 Å². The maximum absolute atomic E-state index is 13.2. The van der Waals surface area contributed by atoms with Gasteiger partial charge >= 0.3 is 0 Å². The van der Waals surface area contributed by atoms with E-state index in [9.17, 15) is 13.9 Å². The van der Waals surface area contributed by atoms with Gasteiger partial charge in [-0.25, -0.2) is 18.7 Å². The molecule has 0 spiro atoms. The summed E-state index contributed by atoms with van der Waals surface area (Å²) in [5.74, 6) is 1.22. The van der Waals surface area contributed by atoms with Crippen LogP contribution in [0.5, 0.6) is 11.5 Å². The van der Waals surface area contributed by atoms with Gasteiger partial charge in [-0.3, -0.25) is 9.67 Å². The zero-order valence-electron chi connectivity index (χ0n) is 18.2. The lowest BCUT2D eigenvalue weighted by molar-refractivity contribution is 0.00148. The Bertz CT molecular complexity index is 1240. The number of hydrogen-bond donors (Lipinski definition) is 1. The highest BCUT2D eigenvalue weighted by Gasteiger charge is 2.24. The molecule has 0 aliphatic rings. The van der Waals surface area contributed by atoms with Crippen LogP contribution in [0.15, 0.2) is 48.9 Å². The number of aliphatic hydroxyl groups is 1. The summed E-state index contributed by atoms with van der Waals surface area (Å²) in [5, 5.41) is 14.1. The zero-order chi connectivity index (χ0) is 23.5. The van der Waals surface area contributed by atoms with Crippen molar-refractivity contribution < 1.29 is 23.4 Å². The first kappa shape index (κ1) is 22.3. The van der Waals surface area contributed by atoms with E-state index in [-0.39, 0.29) is 0 Å². The lowest BCUT2D eigenvalue weighted by atomic mass is 10.2. The molecule has 1 N–H and O–H groups in total. The molecule has 1 atom stereocenters. The quantitative estimate of drug-likeness (QED) is 0.432. The largest absolute Gasteiger partial charge is 0.497 e. The molecule has 33 heavy (non-hydrogen) atoms. The van der Waals surface area contributed by atoms with Crippen molar-refractivity contribution in [1.82, 2.24) is 24.7 Å². The van der Waals surface area contributed by atoms with Gasteiger partial charge in [-0.1, -0.05) is 0 Å². The number of anilines is 2. The molecule has 0 fully saturated rings. The van der Waals surface area contributed by atoms with E-state index in [2.05, 4.69) is 20.1 Å². The molecule has 0 amide bonds. The maximum Gasteiger partial charge on any atom is 0.265 e. The Morgan fingerprint density at radius 2 is 1.79 bits per heavy atom. The normalized spacial score (nSPS) is 12.2. The number of halogens is 2. The first-order chi connectivity index (χ1) is 15.9. The summed E-state index contributed by atoms with van der Waals surface area (Å²) in [5.41, 5.74) is 2.64. The number of aromatic nitrogens is 5. The molecule has 0 aliphatic heterocycles. The second kappa shape index (κ2) is 9.33. The Hall–Kier alpha value is -3.86. The molecular weight excluding hydrogens is 434 g/mol. The van der Waals surface area contributed by atoms with Gasteiger partial charge in [0.05, 0.1) is 38.9 Å². The van der Waals surface area contributed by atoms with Crippen LogP contribution in [0, 0.1) is 0 Å². The number of benzene rings is 1. The maximum atomic E-state index is 13.2. The van der Waals surface area contributed by atoms with Crippen LogP contribution in [0.2, 0.25) is 0 Å². The summed E-state index contributed by atoms with van der Waals surface area (Å²) in [4.78, 5) is 15.0. The summed E-state index contributed by atoms with van der Waals surface area (Å²) in [6, 6.07) is 8.26. The van der Waals surface area contributed by atoms with Crippen LogP contribution >= 0.6 is 0 Å². The van der Waals surface area contributed by atoms with Crippen molar-refractivity contribution in [3.63, 3.8) is 0 Å². The molecule has 0 radical (unpaired) electrons. The number of rotatable bonds is 8. The molecule has 0 saturated carbocycles. The number of alkyl halides is 2. The molecule has 1 aromatic carbocycles. The van der Waals surface area contributed by atoms with E-state index in [0.29, 0.717) is 39.9 Å². The van der Waals surface area contributed by atoms with Crippen LogP contribution in [-0.2, 0) is 7.05 Å². The molecule has 11 heteroatoms. The average Bonchev–Trinajstić information content (AvgIpc) is 3.27. The van der Waals surface area contributed by atoms with E-state index in [4.69, 9.17) is 9.47 Å². The van der Waals surface area contributed by atoms with Crippen molar-refractivity contribution in [3.05, 3.63) is 48.9 Å². The SMILES string of the molecule is COc1cc(OC)cc(N(CC(O)C(F)F)c2ccc3ncc(-c4cnn(C)c4)nc3n2)c1. The fraction of sp³-hybridized carbons (Fsp3) is 0.273. The van der Waals surface area contributed by atoms with Crippen LogP contribution in [0.25, 0.3) is 22.4 Å². The van der Waals surface area contributed by atoms with E-state index in [1.807, 2.05) is 0 Å². The molecule has 172 valence electrons. The van der Waals surface area contributed by atoms with Gasteiger partial charge in [0.2, 0.25) is 0 Å². The van der Waals surface area contributed by atoms with Gasteiger partial charge in [-0.15, -0.1) is 0 Å². The third-order valence-electron chi connectivity index (χ3n) is 4.98. The van der Waals surface area contributed by atoms with Crippen molar-refractivity contribution >= 4 is 22.7 Å². The molecular formula is C22H22F2N6O3. The van der Waals surface area contributed by atoms with Gasteiger partial charge in [0.15, 0.2) is 5.65 Å². The summed E-state index contributed by atoms with van der Waals surface area (Å²) < 4.78 is 38.7. The van der Waals surface area contributed by atoms with Crippen molar-refractivity contribution in [1.29, 1.82) is 0 Å². The molecule has 1 unspecified atom stereocenters. The van der Waals surface area contributed by atoms with E-state index in [0.717, 1.165) is 5.56 Å². The van der Waals surface area contributed by atoms with Crippen molar-refractivity contribution in [2.75, 3.05) is 25.7 Å². The number of aliphatic hydroxyl groups excluding tert-OH is 1. The second-order valence-corrected chi connectivity index (χ2v) is 7.25. The summed E-state index contributed by atoms with van der Waals surface area (Å²) in [6.07, 6.45) is 0.234. The summed E-state index contributed by atoms with van der Waals surface area (Å²) in [6.45, 7) is -0.414. The first-order valence-corrected chi connectivity index (χ1v) is 9.97. The van der Waals surface area contributed by atoms with Crippen LogP contribution in [0.4, 0.5) is 20.3 Å². The Balaban J connectivity index is 1.81. The van der Waals surface area contributed by atoms with Crippen LogP contribution in [-0.4, -0.2) is 63.1 Å². The highest BCUT2D eigenvalue weighted by Crippen LogP contribution is 2.33. The zero-order valence-corrected chi connectivity index (χ0v) is 18.2. The minimum absolute atomic E-state index is 0.301. The van der Waals surface area contributed by atoms with Crippen LogP contribution in [0.1, 0.15) is 0 Å². The Morgan fingerprint density at radius 3 is 2.39 bits per heavy atom. The molecule has 0 aliphatic carbocycles. The predicted octanol–water partition coefficient (Wildman–Crippen LogP) is 3.21. The molecule has 3 aromatic heterocycles. The number of hydrogen-bond acceptors (Lipinski definition) is 8. The van der Waals surface area contributed by atoms with Crippen LogP contribution in [0.3, 0.4) is 0 Å². The van der Waals surface area contributed by atoms with Crippen molar-refractivity contribution in [3.8, 4) is 22.8 Å². The minimum atomic E-state index is -2.93. The summed E-state index contributed by atoms with van der Waals surface area (Å²) >= 11 is 0. The number of ether oxygens (including phenoxy) is 2. The first-order valence-electron chi connectivity index (χ1n) is 9.97. The number of pyridine rings is 1. The second-order valence-electron chi connectivity index (χ2n) is 7.25. The van der Waals surface area contributed by atoms with E-state index >= 15 is 0 Å². The van der Waals surface area contributed by atoms with E-state index in [1.165, 1.54) is 19.1 Å². The van der Waals surface area contributed by atoms with Gasteiger partial charge in [0, 0.05) is 42.7 Å². The van der Waals surface area contributed by atoms with Gasteiger partial charge in [0.1, 0.15) is 28.9 Å². The molecule has 0 saturated heterocycles. The number of aryl methyl sites for hydroxylation is 1. The molecule has 3 heterocycles.